The highest BCUT2D eigenvalue weighted by molar-refractivity contribution is 5.94. The minimum atomic E-state index is -0.101. The zero-order valence-corrected chi connectivity index (χ0v) is 15.3. The minimum absolute atomic E-state index is 0.00596. The van der Waals surface area contributed by atoms with E-state index in [-0.39, 0.29) is 11.8 Å². The van der Waals surface area contributed by atoms with E-state index in [4.69, 9.17) is 0 Å². The van der Waals surface area contributed by atoms with E-state index in [1.807, 2.05) is 41.3 Å². The molecule has 2 N–H and O–H groups in total. The van der Waals surface area contributed by atoms with Crippen molar-refractivity contribution in [1.29, 1.82) is 0 Å². The zero-order chi connectivity index (χ0) is 19.6. The second kappa shape index (κ2) is 7.15. The Hall–Kier alpha value is -4.08. The van der Waals surface area contributed by atoms with E-state index in [9.17, 15) is 4.79 Å². The van der Waals surface area contributed by atoms with Crippen LogP contribution in [0.1, 0.15) is 0 Å². The van der Waals surface area contributed by atoms with Crippen molar-refractivity contribution >= 4 is 17.4 Å². The predicted octanol–water partition coefficient (Wildman–Crippen LogP) is 1.52. The Labute approximate surface area is 165 Å². The van der Waals surface area contributed by atoms with Gasteiger partial charge in [-0.1, -0.05) is 12.1 Å². The van der Waals surface area contributed by atoms with Gasteiger partial charge in [0.1, 0.15) is 24.8 Å². The number of nitrogens with one attached hydrogen (secondary N) is 2. The van der Waals surface area contributed by atoms with Gasteiger partial charge in [0.15, 0.2) is 5.82 Å². The lowest BCUT2D eigenvalue weighted by Crippen LogP contribution is -2.52. The van der Waals surface area contributed by atoms with Crippen LogP contribution >= 0.6 is 0 Å². The van der Waals surface area contributed by atoms with E-state index in [0.29, 0.717) is 18.9 Å². The molecule has 144 valence electrons. The molecule has 0 radical (unpaired) electrons. The Morgan fingerprint density at radius 2 is 2.00 bits per heavy atom. The number of carbonyl (C=O) groups is 1. The second-order valence-electron chi connectivity index (χ2n) is 6.72. The van der Waals surface area contributed by atoms with Crippen molar-refractivity contribution in [2.75, 3.05) is 23.3 Å². The Morgan fingerprint density at radius 3 is 2.79 bits per heavy atom. The Balaban J connectivity index is 1.22. The maximum atomic E-state index is 12.6. The molecule has 1 aromatic carbocycles. The third-order valence-electron chi connectivity index (χ3n) is 4.81. The van der Waals surface area contributed by atoms with E-state index in [2.05, 4.69) is 35.6 Å². The molecule has 0 spiro atoms. The van der Waals surface area contributed by atoms with Crippen LogP contribution in [-0.4, -0.2) is 53.9 Å². The minimum Gasteiger partial charge on any atom is -0.355 e. The van der Waals surface area contributed by atoms with Gasteiger partial charge in [-0.2, -0.15) is 10.2 Å². The fraction of sp³-hybridized carbons (Fsp3) is 0.158. The predicted molar refractivity (Wildman–Crippen MR) is 105 cm³/mol. The molecule has 0 saturated carbocycles. The van der Waals surface area contributed by atoms with Crippen molar-refractivity contribution in [1.82, 2.24) is 34.9 Å². The molecule has 0 atom stereocenters. The first kappa shape index (κ1) is 17.0. The number of nitrogens with zero attached hydrogens (tertiary/aromatic N) is 7. The second-order valence-corrected chi connectivity index (χ2v) is 6.72. The summed E-state index contributed by atoms with van der Waals surface area (Å²) in [7, 11) is 0. The van der Waals surface area contributed by atoms with Crippen LogP contribution in [0.2, 0.25) is 0 Å². The highest BCUT2D eigenvalue weighted by Crippen LogP contribution is 2.26. The van der Waals surface area contributed by atoms with Crippen LogP contribution in [0, 0.1) is 5.92 Å². The van der Waals surface area contributed by atoms with Crippen molar-refractivity contribution in [3.05, 3.63) is 61.6 Å². The molecular weight excluding hydrogens is 370 g/mol. The first-order valence-corrected chi connectivity index (χ1v) is 9.09. The molecule has 1 aliphatic rings. The molecule has 10 heteroatoms. The van der Waals surface area contributed by atoms with Crippen molar-refractivity contribution in [2.24, 2.45) is 5.92 Å². The summed E-state index contributed by atoms with van der Waals surface area (Å²) in [4.78, 5) is 27.1. The Bertz CT molecular complexity index is 1120. The normalized spacial score (nSPS) is 13.9. The molecule has 4 aromatic rings. The average molecular weight is 387 g/mol. The highest BCUT2D eigenvalue weighted by atomic mass is 16.2. The molecular formula is C19H17N9O. The van der Waals surface area contributed by atoms with E-state index in [1.165, 1.54) is 12.7 Å². The van der Waals surface area contributed by atoms with Crippen molar-refractivity contribution in [3.8, 4) is 17.1 Å². The van der Waals surface area contributed by atoms with Crippen LogP contribution in [-0.2, 0) is 4.79 Å². The van der Waals surface area contributed by atoms with Gasteiger partial charge in [0.05, 0.1) is 11.6 Å². The van der Waals surface area contributed by atoms with E-state index in [0.717, 1.165) is 22.8 Å². The van der Waals surface area contributed by atoms with Crippen molar-refractivity contribution in [2.45, 2.75) is 0 Å². The molecule has 0 unspecified atom stereocenters. The lowest BCUT2D eigenvalue weighted by Gasteiger charge is -2.39. The summed E-state index contributed by atoms with van der Waals surface area (Å²) in [5.74, 6) is 1.29. The quantitative estimate of drug-likeness (QED) is 0.533. The third-order valence-corrected chi connectivity index (χ3v) is 4.81. The lowest BCUT2D eigenvalue weighted by molar-refractivity contribution is -0.120. The summed E-state index contributed by atoms with van der Waals surface area (Å²) in [6, 6.07) is 11.4. The third kappa shape index (κ3) is 3.43. The standard InChI is InChI=1S/C19H17N9O/c29-19(25-15-3-1-2-13(6-15)16-4-5-23-26-16)14-8-27(9-14)17-7-18(22-11-21-17)28-12-20-10-24-28/h1-7,10-12,14H,8-9H2,(H,23,26)(H,25,29). The topological polar surface area (TPSA) is 118 Å². The SMILES string of the molecule is O=C(Nc1cccc(-c2ccn[nH]2)c1)C1CN(c2cc(-n3cncn3)ncn2)C1. The molecule has 29 heavy (non-hydrogen) atoms. The van der Waals surface area contributed by atoms with E-state index < -0.39 is 0 Å². The lowest BCUT2D eigenvalue weighted by atomic mass is 9.99. The fourth-order valence-corrected chi connectivity index (χ4v) is 3.22. The van der Waals surface area contributed by atoms with Gasteiger partial charge < -0.3 is 10.2 Å². The van der Waals surface area contributed by atoms with Crippen LogP contribution in [0.25, 0.3) is 17.1 Å². The number of aromatic amines is 1. The number of hydrogen-bond acceptors (Lipinski definition) is 7. The first-order chi connectivity index (χ1) is 14.3. The summed E-state index contributed by atoms with van der Waals surface area (Å²) in [6.07, 6.45) is 6.22. The van der Waals surface area contributed by atoms with Crippen LogP contribution in [0.3, 0.4) is 0 Å². The average Bonchev–Trinajstić information content (AvgIpc) is 3.42. The largest absolute Gasteiger partial charge is 0.355 e. The smallest absolute Gasteiger partial charge is 0.231 e. The van der Waals surface area contributed by atoms with Gasteiger partial charge in [0, 0.05) is 36.6 Å². The number of rotatable bonds is 5. The maximum Gasteiger partial charge on any atom is 0.231 e. The Morgan fingerprint density at radius 1 is 1.10 bits per heavy atom. The van der Waals surface area contributed by atoms with Crippen molar-refractivity contribution < 1.29 is 4.79 Å². The number of H-pyrrole nitrogens is 1. The number of carbonyl (C=O) groups excluding carboxylic acids is 1. The molecule has 4 heterocycles. The summed E-state index contributed by atoms with van der Waals surface area (Å²) < 4.78 is 1.57. The van der Waals surface area contributed by atoms with Gasteiger partial charge in [0.25, 0.3) is 0 Å². The number of anilines is 2. The maximum absolute atomic E-state index is 12.6. The van der Waals surface area contributed by atoms with Crippen LogP contribution in [0.5, 0.6) is 0 Å². The number of amides is 1. The van der Waals surface area contributed by atoms with Gasteiger partial charge in [-0.05, 0) is 18.2 Å². The van der Waals surface area contributed by atoms with Crippen LogP contribution in [0.4, 0.5) is 11.5 Å². The molecule has 1 fully saturated rings. The number of hydrogen-bond donors (Lipinski definition) is 2. The zero-order valence-electron chi connectivity index (χ0n) is 15.3. The molecule has 3 aromatic heterocycles. The molecule has 0 bridgehead atoms. The van der Waals surface area contributed by atoms with Gasteiger partial charge >= 0.3 is 0 Å². The number of benzene rings is 1. The van der Waals surface area contributed by atoms with Gasteiger partial charge in [-0.3, -0.25) is 9.89 Å². The molecule has 10 nitrogen and oxygen atoms in total. The molecule has 5 rings (SSSR count). The summed E-state index contributed by atoms with van der Waals surface area (Å²) in [6.45, 7) is 1.19. The van der Waals surface area contributed by atoms with Gasteiger partial charge in [0.2, 0.25) is 5.91 Å². The van der Waals surface area contributed by atoms with Crippen LogP contribution in [0.15, 0.2) is 61.6 Å². The van der Waals surface area contributed by atoms with Gasteiger partial charge in [-0.25, -0.2) is 19.6 Å². The van der Waals surface area contributed by atoms with Crippen molar-refractivity contribution in [3.63, 3.8) is 0 Å². The Kier molecular flexibility index (Phi) is 4.20. The van der Waals surface area contributed by atoms with Crippen LogP contribution < -0.4 is 10.2 Å². The monoisotopic (exact) mass is 387 g/mol. The summed E-state index contributed by atoms with van der Waals surface area (Å²) in [5, 5.41) is 14.0. The molecule has 1 amide bonds. The first-order valence-electron chi connectivity index (χ1n) is 9.09. The van der Waals surface area contributed by atoms with Gasteiger partial charge in [-0.15, -0.1) is 0 Å². The molecule has 0 aliphatic carbocycles. The van der Waals surface area contributed by atoms with E-state index in [1.54, 1.807) is 17.2 Å². The summed E-state index contributed by atoms with van der Waals surface area (Å²) >= 11 is 0. The fourth-order valence-electron chi connectivity index (χ4n) is 3.22. The molecule has 1 saturated heterocycles. The van der Waals surface area contributed by atoms with E-state index >= 15 is 0 Å². The molecule has 1 aliphatic heterocycles. The number of aromatic nitrogens is 7. The summed E-state index contributed by atoms with van der Waals surface area (Å²) in [5.41, 5.74) is 2.64. The highest BCUT2D eigenvalue weighted by Gasteiger charge is 2.33.